The predicted octanol–water partition coefficient (Wildman–Crippen LogP) is 0.823. The Morgan fingerprint density at radius 1 is 1.19 bits per heavy atom. The number of carboxylic acids is 1. The number of aliphatic carboxylic acids is 1. The van der Waals surface area contributed by atoms with Gasteiger partial charge in [0, 0.05) is 13.0 Å². The maximum Gasteiger partial charge on any atom is 0.303 e. The van der Waals surface area contributed by atoms with Crippen LogP contribution in [0, 0.1) is 0 Å². The average Bonchev–Trinajstić information content (AvgIpc) is 2.50. The van der Waals surface area contributed by atoms with Crippen molar-refractivity contribution in [2.75, 3.05) is 13.1 Å². The Kier molecular flexibility index (Phi) is 4.95. The molecule has 1 rings (SSSR count). The van der Waals surface area contributed by atoms with E-state index in [0.717, 1.165) is 19.3 Å². The maximum atomic E-state index is 11.2. The first-order chi connectivity index (χ1) is 7.59. The van der Waals surface area contributed by atoms with Crippen molar-refractivity contribution in [1.82, 2.24) is 4.90 Å². The van der Waals surface area contributed by atoms with Gasteiger partial charge >= 0.3 is 5.97 Å². The molecule has 1 aliphatic heterocycles. The first-order valence-corrected chi connectivity index (χ1v) is 5.61. The summed E-state index contributed by atoms with van der Waals surface area (Å²) in [4.78, 5) is 34.0. The minimum absolute atomic E-state index is 0.00382. The first-order valence-electron chi connectivity index (χ1n) is 5.61. The van der Waals surface area contributed by atoms with Gasteiger partial charge in [0.1, 0.15) is 0 Å². The molecule has 0 spiro atoms. The van der Waals surface area contributed by atoms with E-state index in [1.807, 2.05) is 0 Å². The van der Waals surface area contributed by atoms with Crippen LogP contribution >= 0.6 is 0 Å². The second-order valence-corrected chi connectivity index (χ2v) is 4.09. The molecule has 1 amide bonds. The van der Waals surface area contributed by atoms with E-state index < -0.39 is 5.97 Å². The standard InChI is InChI=1S/C11H17NO4/c13-9-7-10(14)12(8-9)6-4-2-1-3-5-11(15)16/h1-8H2,(H,15,16). The molecule has 0 aromatic carbocycles. The Hall–Kier alpha value is -1.39. The summed E-state index contributed by atoms with van der Waals surface area (Å²) in [6.45, 7) is 0.881. The third-order valence-electron chi connectivity index (χ3n) is 2.64. The lowest BCUT2D eigenvalue weighted by molar-refractivity contribution is -0.137. The van der Waals surface area contributed by atoms with Gasteiger partial charge in [-0.05, 0) is 12.8 Å². The summed E-state index contributed by atoms with van der Waals surface area (Å²) in [6, 6.07) is 0. The van der Waals surface area contributed by atoms with Crippen LogP contribution in [0.15, 0.2) is 0 Å². The third kappa shape index (κ3) is 4.42. The summed E-state index contributed by atoms with van der Waals surface area (Å²) in [5, 5.41) is 8.42. The van der Waals surface area contributed by atoms with Gasteiger partial charge < -0.3 is 10.0 Å². The number of amides is 1. The van der Waals surface area contributed by atoms with Gasteiger partial charge in [0.2, 0.25) is 5.91 Å². The summed E-state index contributed by atoms with van der Waals surface area (Å²) >= 11 is 0. The van der Waals surface area contributed by atoms with Gasteiger partial charge in [0.05, 0.1) is 13.0 Å². The zero-order valence-electron chi connectivity index (χ0n) is 9.28. The number of carbonyl (C=O) groups is 3. The van der Waals surface area contributed by atoms with Crippen molar-refractivity contribution in [3.8, 4) is 0 Å². The lowest BCUT2D eigenvalue weighted by atomic mass is 10.1. The normalized spacial score (nSPS) is 15.9. The quantitative estimate of drug-likeness (QED) is 0.516. The van der Waals surface area contributed by atoms with Crippen LogP contribution < -0.4 is 0 Å². The van der Waals surface area contributed by atoms with E-state index in [4.69, 9.17) is 5.11 Å². The van der Waals surface area contributed by atoms with Crippen molar-refractivity contribution in [3.63, 3.8) is 0 Å². The van der Waals surface area contributed by atoms with Crippen LogP contribution in [-0.4, -0.2) is 40.8 Å². The highest BCUT2D eigenvalue weighted by molar-refractivity contribution is 6.05. The number of nitrogens with zero attached hydrogens (tertiary/aromatic N) is 1. The van der Waals surface area contributed by atoms with Gasteiger partial charge in [0.25, 0.3) is 0 Å². The molecule has 0 aromatic rings. The van der Waals surface area contributed by atoms with E-state index in [1.165, 1.54) is 0 Å². The molecule has 16 heavy (non-hydrogen) atoms. The van der Waals surface area contributed by atoms with Crippen molar-refractivity contribution >= 4 is 17.7 Å². The fourth-order valence-electron chi connectivity index (χ4n) is 1.77. The smallest absolute Gasteiger partial charge is 0.303 e. The Balaban J connectivity index is 2.01. The average molecular weight is 227 g/mol. The Morgan fingerprint density at radius 2 is 1.88 bits per heavy atom. The highest BCUT2D eigenvalue weighted by Crippen LogP contribution is 2.09. The van der Waals surface area contributed by atoms with E-state index in [1.54, 1.807) is 4.90 Å². The summed E-state index contributed by atoms with van der Waals surface area (Å²) in [7, 11) is 0. The second kappa shape index (κ2) is 6.25. The van der Waals surface area contributed by atoms with Gasteiger partial charge in [-0.25, -0.2) is 0 Å². The Bertz CT molecular complexity index is 288. The van der Waals surface area contributed by atoms with Crippen LogP contribution in [0.5, 0.6) is 0 Å². The van der Waals surface area contributed by atoms with Crippen LogP contribution in [0.2, 0.25) is 0 Å². The van der Waals surface area contributed by atoms with Crippen LogP contribution in [0.25, 0.3) is 0 Å². The minimum atomic E-state index is -0.764. The fraction of sp³-hybridized carbons (Fsp3) is 0.727. The summed E-state index contributed by atoms with van der Waals surface area (Å²) < 4.78 is 0. The molecule has 0 aliphatic carbocycles. The number of carbonyl (C=O) groups excluding carboxylic acids is 2. The SMILES string of the molecule is O=C(O)CCCCCCN1CC(=O)CC1=O. The van der Waals surface area contributed by atoms with E-state index in [2.05, 4.69) is 0 Å². The van der Waals surface area contributed by atoms with Gasteiger partial charge in [-0.15, -0.1) is 0 Å². The minimum Gasteiger partial charge on any atom is -0.481 e. The number of ketones is 1. The molecule has 0 unspecified atom stereocenters. The third-order valence-corrected chi connectivity index (χ3v) is 2.64. The summed E-state index contributed by atoms with van der Waals surface area (Å²) in [6.07, 6.45) is 3.56. The Morgan fingerprint density at radius 3 is 2.44 bits per heavy atom. The molecule has 0 aromatic heterocycles. The highest BCUT2D eigenvalue weighted by atomic mass is 16.4. The zero-order chi connectivity index (χ0) is 12.0. The number of Topliss-reactive ketones (excluding diaryl/α,β-unsaturated/α-hetero) is 1. The van der Waals surface area contributed by atoms with Crippen molar-refractivity contribution < 1.29 is 19.5 Å². The molecule has 0 radical (unpaired) electrons. The molecule has 1 saturated heterocycles. The monoisotopic (exact) mass is 227 g/mol. The highest BCUT2D eigenvalue weighted by Gasteiger charge is 2.26. The number of likely N-dealkylation sites (tertiary alicyclic amines) is 1. The first kappa shape index (κ1) is 12.7. The number of rotatable bonds is 7. The molecule has 90 valence electrons. The maximum absolute atomic E-state index is 11.2. The Labute approximate surface area is 94.4 Å². The van der Waals surface area contributed by atoms with Gasteiger partial charge in [-0.1, -0.05) is 12.8 Å². The second-order valence-electron chi connectivity index (χ2n) is 4.09. The summed E-state index contributed by atoms with van der Waals surface area (Å²) in [5.41, 5.74) is 0. The van der Waals surface area contributed by atoms with Crippen LogP contribution in [0.3, 0.4) is 0 Å². The lowest BCUT2D eigenvalue weighted by Gasteiger charge is -2.13. The molecule has 0 bridgehead atoms. The van der Waals surface area contributed by atoms with Crippen molar-refractivity contribution in [2.24, 2.45) is 0 Å². The molecule has 1 N–H and O–H groups in total. The van der Waals surface area contributed by atoms with Crippen molar-refractivity contribution in [2.45, 2.75) is 38.5 Å². The largest absolute Gasteiger partial charge is 0.481 e. The zero-order valence-corrected chi connectivity index (χ0v) is 9.28. The topological polar surface area (TPSA) is 74.7 Å². The number of hydrogen-bond donors (Lipinski definition) is 1. The molecular weight excluding hydrogens is 210 g/mol. The number of carboxylic acid groups (broad SMARTS) is 1. The molecule has 0 saturated carbocycles. The van der Waals surface area contributed by atoms with E-state index >= 15 is 0 Å². The summed E-state index contributed by atoms with van der Waals surface area (Å²) in [5.74, 6) is -0.841. The molecule has 5 nitrogen and oxygen atoms in total. The molecule has 1 fully saturated rings. The van der Waals surface area contributed by atoms with Crippen LogP contribution in [0.4, 0.5) is 0 Å². The lowest BCUT2D eigenvalue weighted by Crippen LogP contribution is -2.26. The molecule has 1 aliphatic rings. The van der Waals surface area contributed by atoms with E-state index in [0.29, 0.717) is 13.0 Å². The van der Waals surface area contributed by atoms with Crippen molar-refractivity contribution in [3.05, 3.63) is 0 Å². The molecule has 0 atom stereocenters. The van der Waals surface area contributed by atoms with Gasteiger partial charge in [0.15, 0.2) is 5.78 Å². The van der Waals surface area contributed by atoms with E-state index in [9.17, 15) is 14.4 Å². The molecular formula is C11H17NO4. The fourth-order valence-corrected chi connectivity index (χ4v) is 1.77. The molecule has 5 heteroatoms. The molecule has 1 heterocycles. The predicted molar refractivity (Wildman–Crippen MR) is 56.9 cm³/mol. The van der Waals surface area contributed by atoms with Gasteiger partial charge in [-0.2, -0.15) is 0 Å². The number of hydrogen-bond acceptors (Lipinski definition) is 3. The van der Waals surface area contributed by atoms with Crippen molar-refractivity contribution in [1.29, 1.82) is 0 Å². The van der Waals surface area contributed by atoms with Crippen LogP contribution in [0.1, 0.15) is 38.5 Å². The van der Waals surface area contributed by atoms with E-state index in [-0.39, 0.29) is 31.1 Å². The van der Waals surface area contributed by atoms with Gasteiger partial charge in [-0.3, -0.25) is 14.4 Å². The van der Waals surface area contributed by atoms with Crippen LogP contribution in [-0.2, 0) is 14.4 Å². The number of unbranched alkanes of at least 4 members (excludes halogenated alkanes) is 3.